The Hall–Kier alpha value is 0.0969. The molecule has 0 spiro atoms. The molecule has 0 aromatic heterocycles. The molecule has 4 heteroatoms. The van der Waals surface area contributed by atoms with Gasteiger partial charge in [-0.3, -0.25) is 0 Å². The van der Waals surface area contributed by atoms with Crippen LogP contribution in [0.2, 0.25) is 18.1 Å². The molecule has 4 atom stereocenters. The predicted molar refractivity (Wildman–Crippen MR) is 114 cm³/mol. The van der Waals surface area contributed by atoms with Gasteiger partial charge in [-0.25, -0.2) is 0 Å². The summed E-state index contributed by atoms with van der Waals surface area (Å²) in [6.45, 7) is 19.0. The second-order valence-electron chi connectivity index (χ2n) is 9.44. The zero-order valence-electron chi connectivity index (χ0n) is 17.0. The van der Waals surface area contributed by atoms with E-state index in [1.54, 1.807) is 0 Å². The summed E-state index contributed by atoms with van der Waals surface area (Å²) in [6.07, 6.45) is 7.57. The molecule has 2 fully saturated rings. The van der Waals surface area contributed by atoms with Crippen molar-refractivity contribution in [1.29, 1.82) is 0 Å². The molecular formula is C21H37BrO2Si. The number of alkyl halides is 1. The van der Waals surface area contributed by atoms with E-state index in [1.807, 2.05) is 0 Å². The minimum Gasteiger partial charge on any atom is -0.413 e. The van der Waals surface area contributed by atoms with Crippen LogP contribution in [0, 0.1) is 11.8 Å². The first-order valence-electron chi connectivity index (χ1n) is 9.75. The molecule has 0 N–H and O–H groups in total. The van der Waals surface area contributed by atoms with Gasteiger partial charge in [-0.2, -0.15) is 0 Å². The van der Waals surface area contributed by atoms with E-state index in [9.17, 15) is 0 Å². The quantitative estimate of drug-likeness (QED) is 0.283. The zero-order chi connectivity index (χ0) is 18.8. The van der Waals surface area contributed by atoms with Crippen molar-refractivity contribution in [1.82, 2.24) is 0 Å². The van der Waals surface area contributed by atoms with Crippen LogP contribution in [0.4, 0.5) is 0 Å². The van der Waals surface area contributed by atoms with Crippen LogP contribution in [-0.2, 0) is 9.16 Å². The van der Waals surface area contributed by atoms with Crippen molar-refractivity contribution in [3.63, 3.8) is 0 Å². The molecule has 1 aliphatic heterocycles. The first-order chi connectivity index (χ1) is 11.6. The summed E-state index contributed by atoms with van der Waals surface area (Å²) < 4.78 is 13.3. The number of hydrogen-bond donors (Lipinski definition) is 0. The zero-order valence-corrected chi connectivity index (χ0v) is 19.6. The van der Waals surface area contributed by atoms with E-state index in [0.717, 1.165) is 24.8 Å². The van der Waals surface area contributed by atoms with Gasteiger partial charge >= 0.3 is 0 Å². The van der Waals surface area contributed by atoms with E-state index < -0.39 is 8.32 Å². The summed E-state index contributed by atoms with van der Waals surface area (Å²) in [5, 5.41) is 1.16. The summed E-state index contributed by atoms with van der Waals surface area (Å²) in [5.41, 5.74) is 2.71. The van der Waals surface area contributed by atoms with Crippen LogP contribution in [0.5, 0.6) is 0 Å². The Bertz CT molecular complexity index is 497. The summed E-state index contributed by atoms with van der Waals surface area (Å²) in [6, 6.07) is 0. The molecule has 0 amide bonds. The topological polar surface area (TPSA) is 18.5 Å². The molecule has 144 valence electrons. The summed E-state index contributed by atoms with van der Waals surface area (Å²) in [4.78, 5) is 0. The normalized spacial score (nSPS) is 33.0. The molecule has 2 aliphatic rings. The summed E-state index contributed by atoms with van der Waals surface area (Å²) in [7, 11) is -1.80. The molecule has 1 heterocycles. The van der Waals surface area contributed by atoms with E-state index in [4.69, 9.17) is 9.16 Å². The molecule has 0 aromatic carbocycles. The van der Waals surface area contributed by atoms with Crippen LogP contribution in [0.25, 0.3) is 0 Å². The number of hydrogen-bond acceptors (Lipinski definition) is 2. The Labute approximate surface area is 164 Å². The Morgan fingerprint density at radius 2 is 2.00 bits per heavy atom. The molecule has 1 saturated heterocycles. The number of allylic oxidation sites excluding steroid dienone is 1. The minimum atomic E-state index is -1.80. The highest BCUT2D eigenvalue weighted by atomic mass is 79.9. The molecule has 0 unspecified atom stereocenters. The number of ether oxygens (including phenoxy) is 1. The monoisotopic (exact) mass is 428 g/mol. The van der Waals surface area contributed by atoms with Crippen molar-refractivity contribution < 1.29 is 9.16 Å². The molecule has 1 aliphatic carbocycles. The molecule has 2 rings (SSSR count). The third-order valence-electron chi connectivity index (χ3n) is 6.58. The van der Waals surface area contributed by atoms with Crippen LogP contribution in [0.15, 0.2) is 23.8 Å². The molecule has 1 saturated carbocycles. The van der Waals surface area contributed by atoms with Gasteiger partial charge in [0.1, 0.15) is 0 Å². The maximum Gasteiger partial charge on any atom is 0.192 e. The van der Waals surface area contributed by atoms with Gasteiger partial charge in [0.05, 0.1) is 18.8 Å². The Morgan fingerprint density at radius 1 is 1.32 bits per heavy atom. The lowest BCUT2D eigenvalue weighted by Crippen LogP contribution is -2.48. The maximum atomic E-state index is 6.95. The molecule has 25 heavy (non-hydrogen) atoms. The maximum absolute atomic E-state index is 6.95. The van der Waals surface area contributed by atoms with Crippen LogP contribution in [-0.4, -0.2) is 32.5 Å². The average Bonchev–Trinajstić information content (AvgIpc) is 2.90. The molecular weight excluding hydrogens is 392 g/mol. The van der Waals surface area contributed by atoms with Crippen molar-refractivity contribution in [2.45, 2.75) is 83.7 Å². The van der Waals surface area contributed by atoms with Crippen molar-refractivity contribution in [3.8, 4) is 0 Å². The number of halogens is 1. The summed E-state index contributed by atoms with van der Waals surface area (Å²) >= 11 is 3.49. The van der Waals surface area contributed by atoms with E-state index in [1.165, 1.54) is 24.0 Å². The van der Waals surface area contributed by atoms with Crippen LogP contribution < -0.4 is 0 Å². The van der Waals surface area contributed by atoms with Crippen LogP contribution in [0.3, 0.4) is 0 Å². The van der Waals surface area contributed by atoms with Gasteiger partial charge in [0.2, 0.25) is 0 Å². The van der Waals surface area contributed by atoms with E-state index in [2.05, 4.69) is 69.4 Å². The summed E-state index contributed by atoms with van der Waals surface area (Å²) in [5.74, 6) is 1.00. The Kier molecular flexibility index (Phi) is 7.20. The van der Waals surface area contributed by atoms with E-state index in [0.29, 0.717) is 17.9 Å². The lowest BCUT2D eigenvalue weighted by Gasteiger charge is -2.43. The first kappa shape index (κ1) is 21.4. The van der Waals surface area contributed by atoms with Gasteiger partial charge in [-0.15, -0.1) is 0 Å². The molecule has 0 bridgehead atoms. The van der Waals surface area contributed by atoms with Gasteiger partial charge in [-0.1, -0.05) is 54.9 Å². The molecule has 0 radical (unpaired) electrons. The van der Waals surface area contributed by atoms with E-state index in [-0.39, 0.29) is 11.1 Å². The van der Waals surface area contributed by atoms with Gasteiger partial charge < -0.3 is 9.16 Å². The standard InChI is InChI=1S/C21H37BrO2Si/c1-15(2)17-9-10-18(19-11-8-16(12-13-22)14-23-19)20(17)24-25(6,7)21(3,4)5/h12,17-20H,1,8-11,13-14H2,2-7H3/b16-12-/t17-,18+,19+,20-/m0/s1. The Balaban J connectivity index is 2.14. The highest BCUT2D eigenvalue weighted by molar-refractivity contribution is 9.09. The van der Waals surface area contributed by atoms with Crippen molar-refractivity contribution in [2.75, 3.05) is 11.9 Å². The SMILES string of the molecule is C=C(C)[C@@H]1CC[C@H]([C@H]2CC/C(=C/CBr)CO2)[C@H]1O[Si](C)(C)C(C)(C)C. The van der Waals surface area contributed by atoms with Crippen molar-refractivity contribution >= 4 is 24.2 Å². The minimum absolute atomic E-state index is 0.235. The third-order valence-corrected chi connectivity index (χ3v) is 11.4. The second kappa shape index (κ2) is 8.41. The lowest BCUT2D eigenvalue weighted by atomic mass is 9.88. The first-order valence-corrected chi connectivity index (χ1v) is 13.8. The number of rotatable bonds is 5. The fourth-order valence-electron chi connectivity index (χ4n) is 3.91. The van der Waals surface area contributed by atoms with Crippen molar-refractivity contribution in [2.24, 2.45) is 11.8 Å². The van der Waals surface area contributed by atoms with Crippen LogP contribution in [0.1, 0.15) is 53.4 Å². The van der Waals surface area contributed by atoms with Crippen LogP contribution >= 0.6 is 15.9 Å². The smallest absolute Gasteiger partial charge is 0.192 e. The predicted octanol–water partition coefficient (Wildman–Crippen LogP) is 6.48. The molecule has 0 aromatic rings. The third kappa shape index (κ3) is 5.09. The second-order valence-corrected chi connectivity index (χ2v) is 14.8. The average molecular weight is 430 g/mol. The van der Waals surface area contributed by atoms with Crippen molar-refractivity contribution in [3.05, 3.63) is 23.8 Å². The lowest BCUT2D eigenvalue weighted by molar-refractivity contribution is -0.0353. The fraction of sp³-hybridized carbons (Fsp3) is 0.810. The van der Waals surface area contributed by atoms with E-state index >= 15 is 0 Å². The fourth-order valence-corrected chi connectivity index (χ4v) is 5.75. The highest BCUT2D eigenvalue weighted by Gasteiger charge is 2.48. The highest BCUT2D eigenvalue weighted by Crippen LogP contribution is 2.46. The Morgan fingerprint density at radius 3 is 2.48 bits per heavy atom. The largest absolute Gasteiger partial charge is 0.413 e. The van der Waals surface area contributed by atoms with Gasteiger partial charge in [0.15, 0.2) is 8.32 Å². The van der Waals surface area contributed by atoms with Gasteiger partial charge in [0, 0.05) is 17.2 Å². The molecule has 2 nitrogen and oxygen atoms in total. The van der Waals surface area contributed by atoms with Gasteiger partial charge in [0.25, 0.3) is 0 Å². The van der Waals surface area contributed by atoms with Gasteiger partial charge in [-0.05, 0) is 56.3 Å².